The number of hydrogen-bond acceptors (Lipinski definition) is 5. The molecular formula is C39H53N3O4. The van der Waals surface area contributed by atoms with Crippen molar-refractivity contribution >= 4 is 17.6 Å². The molecular weight excluding hydrogens is 574 g/mol. The minimum atomic E-state index is -1.17. The molecule has 2 rings (SSSR count). The van der Waals surface area contributed by atoms with Gasteiger partial charge in [0.1, 0.15) is 0 Å². The molecule has 2 amide bonds. The molecule has 0 aromatic heterocycles. The summed E-state index contributed by atoms with van der Waals surface area (Å²) < 4.78 is 5.76. The van der Waals surface area contributed by atoms with Crippen molar-refractivity contribution in [3.63, 3.8) is 0 Å². The molecule has 3 N–H and O–H groups in total. The normalized spacial score (nSPS) is 16.9. The van der Waals surface area contributed by atoms with Gasteiger partial charge in [-0.05, 0) is 64.8 Å². The van der Waals surface area contributed by atoms with Crippen molar-refractivity contribution in [3.8, 4) is 0 Å². The molecule has 0 fully saturated rings. The number of carbonyl (C=O) groups excluding carboxylic acids is 3. The largest absolute Gasteiger partial charge is 0.469 e. The van der Waals surface area contributed by atoms with E-state index in [1.807, 2.05) is 30.3 Å². The highest BCUT2D eigenvalue weighted by molar-refractivity contribution is 6.07. The van der Waals surface area contributed by atoms with Gasteiger partial charge in [-0.3, -0.25) is 14.4 Å². The summed E-state index contributed by atoms with van der Waals surface area (Å²) in [4.78, 5) is 37.0. The third-order valence-corrected chi connectivity index (χ3v) is 7.17. The van der Waals surface area contributed by atoms with Crippen molar-refractivity contribution in [1.29, 1.82) is 0 Å². The molecule has 0 saturated heterocycles. The predicted octanol–water partition coefficient (Wildman–Crippen LogP) is 7.08. The number of nitrogens with one attached hydrogen (secondary N) is 3. The number of hydrogen-bond donors (Lipinski definition) is 3. The van der Waals surface area contributed by atoms with Crippen LogP contribution >= 0.6 is 0 Å². The van der Waals surface area contributed by atoms with Gasteiger partial charge in [-0.1, -0.05) is 110 Å². The molecule has 1 aromatic carbocycles. The van der Waals surface area contributed by atoms with E-state index in [0.717, 1.165) is 44.9 Å². The molecule has 0 bridgehead atoms. The monoisotopic (exact) mass is 627 g/mol. The Morgan fingerprint density at radius 3 is 1.87 bits per heavy atom. The summed E-state index contributed by atoms with van der Waals surface area (Å²) in [6, 6.07) is 9.16. The standard InChI is InChI=1S/C39H53N3O4/c1-3-4-5-6-7-8-9-10-11-12-13-14-15-16-17-18-19-20-24-28-37(44)41-32-31-40-29-25-30-42-38(45)35-33-36(43)39(2,46-35)34-26-22-21-23-27-34/h4-5,7-8,10-11,13-14,16-17,19-23,26-27,33,40H,3,6,9,12,15,18,24-25,28-32H2,1-2H3,(H,41,44)(H,42,45)/b5-4-,8-7-,11-10-,14-13-,17-16-,20-19-. The topological polar surface area (TPSA) is 96.5 Å². The van der Waals surface area contributed by atoms with Gasteiger partial charge in [0.15, 0.2) is 11.4 Å². The van der Waals surface area contributed by atoms with E-state index in [1.165, 1.54) is 6.08 Å². The first-order chi connectivity index (χ1) is 22.5. The average molecular weight is 628 g/mol. The van der Waals surface area contributed by atoms with Gasteiger partial charge in [0.2, 0.25) is 11.7 Å². The Balaban J connectivity index is 1.40. The molecule has 0 saturated carbocycles. The zero-order valence-electron chi connectivity index (χ0n) is 27.7. The molecule has 0 spiro atoms. The molecule has 1 heterocycles. The number of benzene rings is 1. The molecule has 7 nitrogen and oxygen atoms in total. The second-order valence-electron chi connectivity index (χ2n) is 11.0. The quantitative estimate of drug-likeness (QED) is 0.0891. The molecule has 1 aliphatic rings. The van der Waals surface area contributed by atoms with Gasteiger partial charge >= 0.3 is 0 Å². The van der Waals surface area contributed by atoms with Gasteiger partial charge in [-0.15, -0.1) is 0 Å². The lowest BCUT2D eigenvalue weighted by Crippen LogP contribution is -2.34. The summed E-state index contributed by atoms with van der Waals surface area (Å²) >= 11 is 0. The minimum absolute atomic E-state index is 0.0375. The van der Waals surface area contributed by atoms with Gasteiger partial charge in [0, 0.05) is 37.7 Å². The molecule has 1 unspecified atom stereocenters. The predicted molar refractivity (Wildman–Crippen MR) is 189 cm³/mol. The minimum Gasteiger partial charge on any atom is -0.469 e. The fourth-order valence-electron chi connectivity index (χ4n) is 4.49. The Bertz CT molecular complexity index is 1260. The van der Waals surface area contributed by atoms with E-state index in [0.29, 0.717) is 44.6 Å². The van der Waals surface area contributed by atoms with E-state index >= 15 is 0 Å². The van der Waals surface area contributed by atoms with Crippen molar-refractivity contribution < 1.29 is 19.1 Å². The van der Waals surface area contributed by atoms with Crippen molar-refractivity contribution in [2.45, 2.75) is 77.2 Å². The Morgan fingerprint density at radius 2 is 1.28 bits per heavy atom. The van der Waals surface area contributed by atoms with Crippen LogP contribution < -0.4 is 16.0 Å². The van der Waals surface area contributed by atoms with E-state index < -0.39 is 11.5 Å². The zero-order valence-corrected chi connectivity index (χ0v) is 27.7. The molecule has 7 heteroatoms. The first-order valence-corrected chi connectivity index (χ1v) is 16.6. The molecule has 1 atom stereocenters. The van der Waals surface area contributed by atoms with Gasteiger partial charge < -0.3 is 20.7 Å². The third-order valence-electron chi connectivity index (χ3n) is 7.17. The number of ketones is 1. The maximum absolute atomic E-state index is 12.5. The highest BCUT2D eigenvalue weighted by Gasteiger charge is 2.43. The molecule has 1 aromatic rings. The SMILES string of the molecule is CC/C=C\C/C=C\C/C=C\C/C=C\C/C=C\C/C=C\CCC(=O)NCCNCCCNC(=O)C1=CC(=O)C(C)(c2ccccc2)O1. The fourth-order valence-corrected chi connectivity index (χ4v) is 4.49. The maximum Gasteiger partial charge on any atom is 0.286 e. The third kappa shape index (κ3) is 16.2. The summed E-state index contributed by atoms with van der Waals surface area (Å²) in [5.41, 5.74) is -0.461. The van der Waals surface area contributed by atoms with Crippen LogP contribution in [-0.2, 0) is 24.7 Å². The lowest BCUT2D eigenvalue weighted by Gasteiger charge is -2.24. The number of amides is 2. The number of carbonyl (C=O) groups is 3. The van der Waals surface area contributed by atoms with Crippen LogP contribution in [0.2, 0.25) is 0 Å². The Hall–Kier alpha value is -4.23. The summed E-state index contributed by atoms with van der Waals surface area (Å²) in [7, 11) is 0. The number of allylic oxidation sites excluding steroid dienone is 12. The summed E-state index contributed by atoms with van der Waals surface area (Å²) in [5, 5.41) is 8.97. The smallest absolute Gasteiger partial charge is 0.286 e. The van der Waals surface area contributed by atoms with Crippen LogP contribution in [0.3, 0.4) is 0 Å². The summed E-state index contributed by atoms with van der Waals surface area (Å²) in [6.45, 7) is 6.16. The van der Waals surface area contributed by atoms with Gasteiger partial charge in [-0.25, -0.2) is 0 Å². The molecule has 248 valence electrons. The zero-order chi connectivity index (χ0) is 33.1. The van der Waals surface area contributed by atoms with Crippen LogP contribution in [0.5, 0.6) is 0 Å². The highest BCUT2D eigenvalue weighted by Crippen LogP contribution is 2.34. The molecule has 1 aliphatic heterocycles. The second kappa shape index (κ2) is 24.1. The van der Waals surface area contributed by atoms with Crippen molar-refractivity contribution in [2.75, 3.05) is 26.2 Å². The Labute approximate surface area is 276 Å². The maximum atomic E-state index is 12.5. The van der Waals surface area contributed by atoms with E-state index in [9.17, 15) is 14.4 Å². The Morgan fingerprint density at radius 1 is 0.717 bits per heavy atom. The number of ether oxygens (including phenoxy) is 1. The van der Waals surface area contributed by atoms with E-state index in [1.54, 1.807) is 6.92 Å². The molecule has 46 heavy (non-hydrogen) atoms. The second-order valence-corrected chi connectivity index (χ2v) is 11.0. The van der Waals surface area contributed by atoms with E-state index in [4.69, 9.17) is 4.74 Å². The average Bonchev–Trinajstić information content (AvgIpc) is 3.38. The summed E-state index contributed by atoms with van der Waals surface area (Å²) in [5.74, 6) is -0.566. The molecule has 0 aliphatic carbocycles. The Kier molecular flexibility index (Phi) is 19.9. The van der Waals surface area contributed by atoms with Crippen LogP contribution in [0.25, 0.3) is 0 Å². The van der Waals surface area contributed by atoms with Crippen molar-refractivity contribution in [3.05, 3.63) is 121 Å². The van der Waals surface area contributed by atoms with Crippen LogP contribution in [0, 0.1) is 0 Å². The first-order valence-electron chi connectivity index (χ1n) is 16.6. The van der Waals surface area contributed by atoms with Crippen LogP contribution in [0.4, 0.5) is 0 Å². The van der Waals surface area contributed by atoms with Crippen LogP contribution in [0.1, 0.15) is 77.2 Å². The first kappa shape index (κ1) is 38.0. The van der Waals surface area contributed by atoms with Crippen molar-refractivity contribution in [2.24, 2.45) is 0 Å². The summed E-state index contributed by atoms with van der Waals surface area (Å²) in [6.07, 6.45) is 35.1. The van der Waals surface area contributed by atoms with Gasteiger partial charge in [-0.2, -0.15) is 0 Å². The lowest BCUT2D eigenvalue weighted by molar-refractivity contribution is -0.132. The highest BCUT2D eigenvalue weighted by atomic mass is 16.5. The van der Waals surface area contributed by atoms with Gasteiger partial charge in [0.05, 0.1) is 0 Å². The number of rotatable bonds is 23. The van der Waals surface area contributed by atoms with Crippen LogP contribution in [-0.4, -0.2) is 43.8 Å². The van der Waals surface area contributed by atoms with Crippen LogP contribution in [0.15, 0.2) is 115 Å². The van der Waals surface area contributed by atoms with Crippen molar-refractivity contribution in [1.82, 2.24) is 16.0 Å². The molecule has 0 radical (unpaired) electrons. The van der Waals surface area contributed by atoms with E-state index in [-0.39, 0.29) is 17.4 Å². The van der Waals surface area contributed by atoms with Gasteiger partial charge in [0.25, 0.3) is 5.91 Å². The fraction of sp³-hybridized carbons (Fsp3) is 0.410. The lowest BCUT2D eigenvalue weighted by atomic mass is 9.92. The van der Waals surface area contributed by atoms with E-state index in [2.05, 4.69) is 95.8 Å².